The van der Waals surface area contributed by atoms with Crippen molar-refractivity contribution in [3.8, 4) is 5.75 Å². The van der Waals surface area contributed by atoms with Crippen molar-refractivity contribution in [3.63, 3.8) is 0 Å². The maximum absolute atomic E-state index is 16.2. The Kier molecular flexibility index (Phi) is 27.4. The van der Waals surface area contributed by atoms with Crippen LogP contribution in [-0.4, -0.2) is 175 Å². The topological polar surface area (TPSA) is 325 Å². The summed E-state index contributed by atoms with van der Waals surface area (Å²) in [7, 11) is 5.38. The van der Waals surface area contributed by atoms with Crippen molar-refractivity contribution >= 4 is 109 Å². The van der Waals surface area contributed by atoms with Crippen LogP contribution in [-0.2, 0) is 58.9 Å². The maximum atomic E-state index is 16.2. The molecule has 0 radical (unpaired) electrons. The number of alkyl carbamates (subject to hydrolysis) is 1. The van der Waals surface area contributed by atoms with Gasteiger partial charge in [0.15, 0.2) is 5.72 Å². The molecule has 91 heavy (non-hydrogen) atoms. The molecule has 3 aliphatic rings. The van der Waals surface area contributed by atoms with Crippen LogP contribution in [0.25, 0.3) is 0 Å². The van der Waals surface area contributed by atoms with Crippen LogP contribution in [0, 0.1) is 29.4 Å². The number of methoxy groups -OCH3 is 2. The molecular formula is C62H85Br2ClF2N8O16. The van der Waals surface area contributed by atoms with Crippen LogP contribution in [0.3, 0.4) is 0 Å². The van der Waals surface area contributed by atoms with Gasteiger partial charge in [-0.3, -0.25) is 34.6 Å². The fourth-order valence-corrected chi connectivity index (χ4v) is 12.7. The number of benzene rings is 2. The van der Waals surface area contributed by atoms with Crippen molar-refractivity contribution < 1.29 is 85.5 Å². The Morgan fingerprint density at radius 2 is 1.70 bits per heavy atom. The van der Waals surface area contributed by atoms with E-state index in [1.807, 2.05) is 6.92 Å². The average molecular weight is 1430 g/mol. The highest BCUT2D eigenvalue weighted by Crippen LogP contribution is 2.49. The van der Waals surface area contributed by atoms with Crippen LogP contribution in [0.2, 0.25) is 5.02 Å². The predicted molar refractivity (Wildman–Crippen MR) is 341 cm³/mol. The number of aldehydes is 1. The predicted octanol–water partition coefficient (Wildman–Crippen LogP) is 7.06. The van der Waals surface area contributed by atoms with Gasteiger partial charge in [0.2, 0.25) is 17.7 Å². The molecule has 2 aromatic carbocycles. The van der Waals surface area contributed by atoms with Gasteiger partial charge >= 0.3 is 24.1 Å². The number of hydrogen-bond acceptors (Lipinski definition) is 17. The second kappa shape index (κ2) is 33.0. The molecule has 3 aliphatic heterocycles. The number of anilines is 2. The average Bonchev–Trinajstić information content (AvgIpc) is 1.58. The quantitative estimate of drug-likeness (QED) is 0.0124. The second-order valence-electron chi connectivity index (χ2n) is 24.3. The largest absolute Gasteiger partial charge is 0.495 e. The van der Waals surface area contributed by atoms with E-state index in [0.717, 1.165) is 17.5 Å². The van der Waals surface area contributed by atoms with Crippen molar-refractivity contribution in [2.75, 3.05) is 55.7 Å². The number of rotatable bonds is 26. The number of esters is 2. The lowest BCUT2D eigenvalue weighted by molar-refractivity contribution is -0.161. The number of carbonyl (C=O) groups excluding carboxylic acids is 9. The van der Waals surface area contributed by atoms with Gasteiger partial charge < -0.3 is 69.8 Å². The molecule has 504 valence electrons. The summed E-state index contributed by atoms with van der Waals surface area (Å²) >= 11 is 13.4. The van der Waals surface area contributed by atoms with E-state index in [1.165, 1.54) is 33.1 Å². The normalized spacial score (nSPS) is 24.2. The third kappa shape index (κ3) is 19.9. The number of nitrogens with zero attached hydrogens (tertiary/aromatic N) is 2. The van der Waals surface area contributed by atoms with Crippen LogP contribution >= 0.6 is 43.5 Å². The number of amides is 7. The molecule has 7 amide bonds. The highest BCUT2D eigenvalue weighted by atomic mass is 79.9. The molecule has 0 aliphatic carbocycles. The molecule has 29 heteroatoms. The SMILES string of the molecule is COc1cc2cc(c1Cl)N(C)C(=O)C[C@H](OC(=O)[C@H](C)N(C)C(=O)c1cc(F)c(NC(=O)[C@H](CCCNC(N)=O)NC(=O)[C@@H](NC(C=O)CCCC(C)(C)OC(=O)C(CBr)CBr)C(C)C)cc1F)[C@]1(C)O[C@H]1[C@H](C)[C@@H]1C[C@@](O)(NC(=O)O1)[C@H](OC)/C=C/C=C(\C)C2. The van der Waals surface area contributed by atoms with Gasteiger partial charge in [0.1, 0.15) is 70.3 Å². The van der Waals surface area contributed by atoms with Gasteiger partial charge in [-0.15, -0.1) is 0 Å². The van der Waals surface area contributed by atoms with E-state index in [4.69, 9.17) is 45.8 Å². The Bertz CT molecular complexity index is 3070. The molecule has 2 aromatic rings. The van der Waals surface area contributed by atoms with Crippen molar-refractivity contribution in [1.29, 1.82) is 0 Å². The zero-order valence-corrected chi connectivity index (χ0v) is 57.1. The molecule has 0 saturated carbocycles. The monoisotopic (exact) mass is 1430 g/mol. The summed E-state index contributed by atoms with van der Waals surface area (Å²) in [6.45, 7) is 13.2. The maximum Gasteiger partial charge on any atom is 0.409 e. The van der Waals surface area contributed by atoms with Gasteiger partial charge in [-0.1, -0.05) is 88.0 Å². The third-order valence-corrected chi connectivity index (χ3v) is 18.4. The molecule has 8 N–H and O–H groups in total. The number of alkyl halides is 2. The van der Waals surface area contributed by atoms with Gasteiger partial charge in [-0.2, -0.15) is 0 Å². The van der Waals surface area contributed by atoms with Crippen LogP contribution in [0.15, 0.2) is 48.1 Å². The van der Waals surface area contributed by atoms with Crippen molar-refractivity contribution in [2.24, 2.45) is 23.5 Å². The Morgan fingerprint density at radius 1 is 1.02 bits per heavy atom. The smallest absolute Gasteiger partial charge is 0.409 e. The molecule has 1 unspecified atom stereocenters. The fourth-order valence-electron chi connectivity index (χ4n) is 10.8. The van der Waals surface area contributed by atoms with Gasteiger partial charge in [0, 0.05) is 56.8 Å². The van der Waals surface area contributed by atoms with E-state index in [2.05, 4.69) is 58.4 Å². The van der Waals surface area contributed by atoms with Crippen LogP contribution in [0.4, 0.5) is 29.7 Å². The Labute approximate surface area is 550 Å². The van der Waals surface area contributed by atoms with E-state index in [-0.39, 0.29) is 48.7 Å². The number of epoxide rings is 1. The molecule has 24 nitrogen and oxygen atoms in total. The van der Waals surface area contributed by atoms with E-state index in [0.29, 0.717) is 53.9 Å². The molecule has 2 fully saturated rings. The number of fused-ring (bicyclic) bond motifs is 5. The number of allylic oxidation sites excluding steroid dienone is 3. The summed E-state index contributed by atoms with van der Waals surface area (Å²) in [5.41, 5.74) is 1.09. The zero-order chi connectivity index (χ0) is 68.0. The Morgan fingerprint density at radius 3 is 2.32 bits per heavy atom. The summed E-state index contributed by atoms with van der Waals surface area (Å²) in [5.74, 6) is -9.02. The number of ether oxygens (including phenoxy) is 6. The summed E-state index contributed by atoms with van der Waals surface area (Å²) < 4.78 is 67.4. The van der Waals surface area contributed by atoms with Gasteiger partial charge in [0.25, 0.3) is 5.91 Å². The minimum Gasteiger partial charge on any atom is -0.495 e. The lowest BCUT2D eigenvalue weighted by Crippen LogP contribution is -2.63. The first kappa shape index (κ1) is 75.4. The van der Waals surface area contributed by atoms with E-state index in [1.54, 1.807) is 71.9 Å². The molecule has 11 atom stereocenters. The number of hydrogen-bond donors (Lipinski definition) is 7. The number of nitrogens with one attached hydrogen (secondary N) is 5. The fraction of sp³-hybridized carbons (Fsp3) is 0.597. The lowest BCUT2D eigenvalue weighted by atomic mass is 9.83. The summed E-state index contributed by atoms with van der Waals surface area (Å²) in [5, 5.41) is 25.6. The minimum absolute atomic E-state index is 0.0371. The van der Waals surface area contributed by atoms with Crippen molar-refractivity contribution in [2.45, 2.75) is 172 Å². The van der Waals surface area contributed by atoms with E-state index >= 15 is 8.78 Å². The molecule has 0 spiro atoms. The Balaban J connectivity index is 1.36. The van der Waals surface area contributed by atoms with E-state index < -0.39 is 160 Å². The zero-order valence-electron chi connectivity index (χ0n) is 53.2. The lowest BCUT2D eigenvalue weighted by Gasteiger charge is -2.42. The van der Waals surface area contributed by atoms with Crippen molar-refractivity contribution in [3.05, 3.63) is 75.9 Å². The van der Waals surface area contributed by atoms with E-state index in [9.17, 15) is 48.3 Å². The van der Waals surface area contributed by atoms with Crippen LogP contribution in [0.5, 0.6) is 5.75 Å². The molecule has 4 bridgehead atoms. The minimum atomic E-state index is -1.97. The third-order valence-electron chi connectivity index (χ3n) is 16.5. The summed E-state index contributed by atoms with van der Waals surface area (Å²) in [6.07, 6.45) is 0.906. The molecule has 2 saturated heterocycles. The number of primary amides is 1. The van der Waals surface area contributed by atoms with Gasteiger partial charge in [-0.05, 0) is 103 Å². The number of nitrogens with two attached hydrogens (primary N) is 1. The standard InChI is InChI=1S/C62H85Br2ClF2N8O16/c1-32(2)51(70-38(31-76)17-14-20-60(6,7)91-57(82)37(29-63)30-64)54(79)71-42(18-15-21-69-58(68)83)53(78)72-43-26-40(66)39(25-41(43)67)55(80)74(9)35(5)56(81)89-48-27-49(77)75(10)44-23-36(24-45(86-11)50(44)65)22-33(3)16-13-19-47(87-12)62(85)28-46(88-59(84)73-62)34(4)52-61(48,8)90-52/h13,16,19,23-26,31-32,34-35,37-38,42,46-48,51-52,70,85H,14-15,17-18,20-22,27-30H2,1-12H3,(H,71,79)(H,72,78)(H,73,84)(H3,68,69,83)/b19-13+,33-16+/t34-,35+,38?,42+,46+,47-,48+,51+,52+,61+,62+/m1/s1. The van der Waals surface area contributed by atoms with Gasteiger partial charge in [0.05, 0.1) is 54.6 Å². The first-order valence-electron chi connectivity index (χ1n) is 29.7. The molecule has 5 rings (SSSR count). The molecule has 3 heterocycles. The molecular weight excluding hydrogens is 1350 g/mol. The number of likely N-dealkylation sites (N-methyl/N-ethyl adjacent to an activating group) is 1. The second-order valence-corrected chi connectivity index (χ2v) is 26.0. The number of urea groups is 1. The number of carbonyl (C=O) groups is 9. The summed E-state index contributed by atoms with van der Waals surface area (Å²) in [6, 6.07) is -1.31. The van der Waals surface area contributed by atoms with Gasteiger partial charge in [-0.25, -0.2) is 23.2 Å². The first-order valence-corrected chi connectivity index (χ1v) is 32.4. The molecule has 0 aromatic heterocycles. The Hall–Kier alpha value is -6.30. The van der Waals surface area contributed by atoms with Crippen LogP contribution < -0.4 is 42.0 Å². The highest BCUT2D eigenvalue weighted by molar-refractivity contribution is 9.09. The highest BCUT2D eigenvalue weighted by Gasteiger charge is 2.64. The summed E-state index contributed by atoms with van der Waals surface area (Å²) in [4.78, 5) is 123. The van der Waals surface area contributed by atoms with Crippen molar-refractivity contribution in [1.82, 2.24) is 26.2 Å². The first-order chi connectivity index (χ1) is 42.7. The van der Waals surface area contributed by atoms with Crippen LogP contribution in [0.1, 0.15) is 116 Å². The number of halogens is 5. The number of aliphatic hydroxyl groups is 1.